The summed E-state index contributed by atoms with van der Waals surface area (Å²) in [5.74, 6) is 0.488. The lowest BCUT2D eigenvalue weighted by Crippen LogP contribution is -2.13. The molecule has 1 N–H and O–H groups in total. The predicted octanol–water partition coefficient (Wildman–Crippen LogP) is 6.49. The van der Waals surface area contributed by atoms with Crippen molar-refractivity contribution in [3.63, 3.8) is 0 Å². The molecule has 5 aromatic rings. The van der Waals surface area contributed by atoms with Crippen LogP contribution in [-0.2, 0) is 7.05 Å². The predicted molar refractivity (Wildman–Crippen MR) is 138 cm³/mol. The third-order valence-corrected chi connectivity index (χ3v) is 6.44. The lowest BCUT2D eigenvalue weighted by Gasteiger charge is -2.19. The van der Waals surface area contributed by atoms with Gasteiger partial charge in [-0.2, -0.15) is 0 Å². The summed E-state index contributed by atoms with van der Waals surface area (Å²) in [5.41, 5.74) is 6.08. The Hall–Kier alpha value is -3.64. The van der Waals surface area contributed by atoms with E-state index in [0.717, 1.165) is 33.5 Å². The van der Waals surface area contributed by atoms with Crippen LogP contribution < -0.4 is 10.7 Å². The third kappa shape index (κ3) is 3.74. The molecule has 0 fully saturated rings. The molecule has 172 valence electrons. The first kappa shape index (κ1) is 22.2. The van der Waals surface area contributed by atoms with Gasteiger partial charge in [-0.25, -0.2) is 9.97 Å². The van der Waals surface area contributed by atoms with Crippen molar-refractivity contribution in [2.45, 2.75) is 33.7 Å². The van der Waals surface area contributed by atoms with Crippen LogP contribution in [0.15, 0.2) is 57.9 Å². The minimum absolute atomic E-state index is 0.0495. The Kier molecular flexibility index (Phi) is 5.41. The number of aryl methyl sites for hydroxylation is 3. The van der Waals surface area contributed by atoms with E-state index >= 15 is 0 Å². The summed E-state index contributed by atoms with van der Waals surface area (Å²) in [6.45, 7) is 7.72. The van der Waals surface area contributed by atoms with E-state index in [4.69, 9.17) is 21.0 Å². The number of anilines is 1. The topological polar surface area (TPSA) is 73.0 Å². The van der Waals surface area contributed by atoms with E-state index in [9.17, 15) is 4.79 Å². The molecule has 0 bridgehead atoms. The quantitative estimate of drug-likeness (QED) is 0.302. The van der Waals surface area contributed by atoms with Crippen molar-refractivity contribution < 1.29 is 4.42 Å². The second kappa shape index (κ2) is 8.29. The van der Waals surface area contributed by atoms with Crippen molar-refractivity contribution in [1.82, 2.24) is 14.5 Å². The van der Waals surface area contributed by atoms with E-state index in [2.05, 4.69) is 16.4 Å². The fraction of sp³-hybridized carbons (Fsp3) is 0.222. The number of pyridine rings is 2. The summed E-state index contributed by atoms with van der Waals surface area (Å²) in [6, 6.07) is 13.4. The monoisotopic (exact) mass is 472 g/mol. The molecule has 0 saturated carbocycles. The Balaban J connectivity index is 1.68. The summed E-state index contributed by atoms with van der Waals surface area (Å²) >= 11 is 6.02. The fourth-order valence-corrected chi connectivity index (χ4v) is 4.58. The Labute approximate surface area is 202 Å². The number of rotatable bonds is 4. The zero-order chi connectivity index (χ0) is 24.1. The van der Waals surface area contributed by atoms with Crippen LogP contribution in [0.4, 0.5) is 5.69 Å². The minimum Gasteiger partial charge on any atom is -0.454 e. The van der Waals surface area contributed by atoms with Crippen molar-refractivity contribution in [1.29, 1.82) is 0 Å². The zero-order valence-electron chi connectivity index (χ0n) is 19.7. The van der Waals surface area contributed by atoms with Crippen LogP contribution in [0, 0.1) is 20.8 Å². The van der Waals surface area contributed by atoms with Gasteiger partial charge in [0.15, 0.2) is 11.2 Å². The third-order valence-electron chi connectivity index (χ3n) is 6.23. The Bertz CT molecular complexity index is 1630. The maximum atomic E-state index is 13.4. The molecule has 7 heteroatoms. The molecule has 0 radical (unpaired) electrons. The summed E-state index contributed by atoms with van der Waals surface area (Å²) in [7, 11) is 1.95. The molecule has 0 aliphatic heterocycles. The molecular formula is C27H25ClN4O2. The molecule has 4 aromatic heterocycles. The molecule has 0 unspecified atom stereocenters. The number of aromatic nitrogens is 3. The Morgan fingerprint density at radius 2 is 1.85 bits per heavy atom. The molecule has 4 heterocycles. The molecular weight excluding hydrogens is 448 g/mol. The van der Waals surface area contributed by atoms with Gasteiger partial charge in [0.2, 0.25) is 0 Å². The number of hydrogen-bond donors (Lipinski definition) is 1. The first-order chi connectivity index (χ1) is 16.2. The van der Waals surface area contributed by atoms with Crippen LogP contribution in [0.1, 0.15) is 35.3 Å². The summed E-state index contributed by atoms with van der Waals surface area (Å²) in [6.07, 6.45) is 1.96. The van der Waals surface area contributed by atoms with Crippen molar-refractivity contribution in [3.8, 4) is 11.5 Å². The van der Waals surface area contributed by atoms with Gasteiger partial charge >= 0.3 is 0 Å². The van der Waals surface area contributed by atoms with Crippen LogP contribution >= 0.6 is 11.6 Å². The van der Waals surface area contributed by atoms with Gasteiger partial charge in [0.25, 0.3) is 0 Å². The van der Waals surface area contributed by atoms with Gasteiger partial charge in [0.1, 0.15) is 22.1 Å². The van der Waals surface area contributed by atoms with E-state index in [-0.39, 0.29) is 11.5 Å². The minimum atomic E-state index is -0.147. The number of halogens is 1. The average Bonchev–Trinajstić information content (AvgIpc) is 3.18. The van der Waals surface area contributed by atoms with E-state index in [1.165, 1.54) is 0 Å². The van der Waals surface area contributed by atoms with E-state index in [0.29, 0.717) is 33.1 Å². The molecule has 1 aromatic carbocycles. The summed E-state index contributed by atoms with van der Waals surface area (Å²) in [4.78, 5) is 22.6. The van der Waals surface area contributed by atoms with Gasteiger partial charge in [-0.05, 0) is 69.7 Å². The van der Waals surface area contributed by atoms with Crippen LogP contribution in [0.25, 0.3) is 33.5 Å². The highest BCUT2D eigenvalue weighted by Gasteiger charge is 2.20. The lowest BCUT2D eigenvalue weighted by molar-refractivity contribution is 0.603. The molecule has 0 amide bonds. The van der Waals surface area contributed by atoms with Crippen molar-refractivity contribution in [2.24, 2.45) is 7.05 Å². The second-order valence-corrected chi connectivity index (χ2v) is 9.17. The van der Waals surface area contributed by atoms with Gasteiger partial charge in [-0.1, -0.05) is 17.7 Å². The molecule has 0 saturated heterocycles. The van der Waals surface area contributed by atoms with Gasteiger partial charge in [-0.3, -0.25) is 4.79 Å². The van der Waals surface area contributed by atoms with Crippen LogP contribution in [-0.4, -0.2) is 14.5 Å². The van der Waals surface area contributed by atoms with Crippen LogP contribution in [0.5, 0.6) is 0 Å². The van der Waals surface area contributed by atoms with E-state index < -0.39 is 0 Å². The maximum Gasteiger partial charge on any atom is 0.196 e. The largest absolute Gasteiger partial charge is 0.454 e. The number of nitrogens with zero attached hydrogens (tertiary/aromatic N) is 3. The normalized spacial score (nSPS) is 12.4. The molecule has 1 atom stereocenters. The molecule has 6 nitrogen and oxygen atoms in total. The van der Waals surface area contributed by atoms with Crippen molar-refractivity contribution in [3.05, 3.63) is 86.4 Å². The number of benzene rings is 1. The van der Waals surface area contributed by atoms with Crippen LogP contribution in [0.2, 0.25) is 5.15 Å². The number of nitrogens with one attached hydrogen (secondary N) is 1. The van der Waals surface area contributed by atoms with E-state index in [1.807, 2.05) is 68.9 Å². The van der Waals surface area contributed by atoms with Crippen LogP contribution in [0.3, 0.4) is 0 Å². The average molecular weight is 473 g/mol. The van der Waals surface area contributed by atoms with E-state index in [1.54, 1.807) is 13.0 Å². The highest BCUT2D eigenvalue weighted by molar-refractivity contribution is 6.29. The SMILES string of the molecule is Cc1cc([C@@H](C)Nc2ccc(Cl)nc2C)c2oc(-c3ccc4ccn(C)c4n3)c(C)c(=O)c2c1. The van der Waals surface area contributed by atoms with Gasteiger partial charge in [-0.15, -0.1) is 0 Å². The van der Waals surface area contributed by atoms with Crippen molar-refractivity contribution >= 4 is 39.3 Å². The van der Waals surface area contributed by atoms with Gasteiger partial charge in [0.05, 0.1) is 22.8 Å². The Morgan fingerprint density at radius 1 is 1.06 bits per heavy atom. The molecule has 5 rings (SSSR count). The maximum absolute atomic E-state index is 13.4. The zero-order valence-corrected chi connectivity index (χ0v) is 20.5. The van der Waals surface area contributed by atoms with Gasteiger partial charge < -0.3 is 14.3 Å². The van der Waals surface area contributed by atoms with Crippen molar-refractivity contribution in [2.75, 3.05) is 5.32 Å². The number of fused-ring (bicyclic) bond motifs is 2. The Morgan fingerprint density at radius 3 is 2.62 bits per heavy atom. The molecule has 34 heavy (non-hydrogen) atoms. The smallest absolute Gasteiger partial charge is 0.196 e. The highest BCUT2D eigenvalue weighted by atomic mass is 35.5. The highest BCUT2D eigenvalue weighted by Crippen LogP contribution is 2.32. The first-order valence-electron chi connectivity index (χ1n) is 11.1. The fourth-order valence-electron chi connectivity index (χ4n) is 4.39. The summed E-state index contributed by atoms with van der Waals surface area (Å²) in [5, 5.41) is 5.54. The molecule has 0 spiro atoms. The standard InChI is InChI=1S/C27H25ClN4O2/c1-14-12-19(16(3)29-21-8-9-23(28)30-17(21)4)26-20(13-14)24(33)15(2)25(34-26)22-7-6-18-10-11-32(5)27(18)31-22/h6-13,16,29H,1-5H3/t16-/m1/s1. The van der Waals surface area contributed by atoms with Gasteiger partial charge in [0, 0.05) is 29.8 Å². The second-order valence-electron chi connectivity index (χ2n) is 8.79. The lowest BCUT2D eigenvalue weighted by atomic mass is 9.99. The molecule has 0 aliphatic carbocycles. The number of hydrogen-bond acceptors (Lipinski definition) is 5. The molecule has 0 aliphatic rings. The summed E-state index contributed by atoms with van der Waals surface area (Å²) < 4.78 is 8.43. The first-order valence-corrected chi connectivity index (χ1v) is 11.5.